The first-order valence-electron chi connectivity index (χ1n) is 5.14. The third-order valence-electron chi connectivity index (χ3n) is 2.05. The zero-order valence-corrected chi connectivity index (χ0v) is 9.32. The summed E-state index contributed by atoms with van der Waals surface area (Å²) < 4.78 is 14.0. The van der Waals surface area contributed by atoms with Gasteiger partial charge in [-0.25, -0.2) is 19.5 Å². The van der Waals surface area contributed by atoms with Crippen LogP contribution in [-0.4, -0.2) is 26.9 Å². The van der Waals surface area contributed by atoms with Crippen LogP contribution in [-0.2, 0) is 11.3 Å². The third kappa shape index (κ3) is 3.48. The van der Waals surface area contributed by atoms with Crippen LogP contribution in [0.2, 0.25) is 0 Å². The van der Waals surface area contributed by atoms with Crippen molar-refractivity contribution in [3.63, 3.8) is 0 Å². The number of carbonyl (C=O) groups is 1. The lowest BCUT2D eigenvalue weighted by atomic mass is 10.2. The molecule has 0 unspecified atom stereocenters. The molecule has 92 valence electrons. The van der Waals surface area contributed by atoms with Crippen LogP contribution in [0.3, 0.4) is 0 Å². The van der Waals surface area contributed by atoms with E-state index in [4.69, 9.17) is 0 Å². The summed E-state index contributed by atoms with van der Waals surface area (Å²) in [6, 6.07) is 5.75. The molecule has 0 spiro atoms. The quantitative estimate of drug-likeness (QED) is 0.634. The molecule has 1 amide bonds. The van der Waals surface area contributed by atoms with Gasteiger partial charge in [-0.15, -0.1) is 0 Å². The van der Waals surface area contributed by atoms with Gasteiger partial charge in [0.25, 0.3) is 5.91 Å². The molecule has 1 heterocycles. The molecule has 1 aromatic carbocycles. The van der Waals surface area contributed by atoms with Crippen molar-refractivity contribution in [3.8, 4) is 0 Å². The van der Waals surface area contributed by atoms with Gasteiger partial charge in [-0.2, -0.15) is 10.2 Å². The molecule has 2 aromatic rings. The minimum absolute atomic E-state index is 0.0424. The monoisotopic (exact) mass is 247 g/mol. The lowest BCUT2D eigenvalue weighted by Gasteiger charge is -1.98. The van der Waals surface area contributed by atoms with E-state index in [1.165, 1.54) is 35.7 Å². The number of rotatable bonds is 4. The van der Waals surface area contributed by atoms with Crippen LogP contribution in [0.4, 0.5) is 4.39 Å². The van der Waals surface area contributed by atoms with Crippen molar-refractivity contribution in [2.45, 2.75) is 6.54 Å². The molecule has 0 atom stereocenters. The van der Waals surface area contributed by atoms with E-state index < -0.39 is 0 Å². The molecule has 1 aromatic heterocycles. The van der Waals surface area contributed by atoms with Crippen molar-refractivity contribution in [1.82, 2.24) is 20.2 Å². The number of nitrogens with one attached hydrogen (secondary N) is 1. The molecule has 7 heteroatoms. The van der Waals surface area contributed by atoms with Crippen molar-refractivity contribution in [3.05, 3.63) is 48.3 Å². The molecular weight excluding hydrogens is 237 g/mol. The van der Waals surface area contributed by atoms with E-state index in [2.05, 4.69) is 20.6 Å². The smallest absolute Gasteiger partial charge is 0.261 e. The summed E-state index contributed by atoms with van der Waals surface area (Å²) in [5, 5.41) is 7.53. The van der Waals surface area contributed by atoms with Gasteiger partial charge in [0.2, 0.25) is 0 Å². The minimum atomic E-state index is -0.320. The average molecular weight is 247 g/mol. The largest absolute Gasteiger partial charge is 0.271 e. The summed E-state index contributed by atoms with van der Waals surface area (Å²) in [5.74, 6) is -0.638. The maximum absolute atomic E-state index is 12.6. The maximum Gasteiger partial charge on any atom is 0.261 e. The zero-order valence-electron chi connectivity index (χ0n) is 9.32. The van der Waals surface area contributed by atoms with E-state index in [1.54, 1.807) is 12.1 Å². The lowest BCUT2D eigenvalue weighted by Crippen LogP contribution is -2.23. The Morgan fingerprint density at radius 1 is 1.44 bits per heavy atom. The fraction of sp³-hybridized carbons (Fsp3) is 0.0909. The SMILES string of the molecule is O=C(Cn1cncn1)N/N=C/c1ccc(F)cc1. The minimum Gasteiger partial charge on any atom is -0.271 e. The highest BCUT2D eigenvalue weighted by atomic mass is 19.1. The summed E-state index contributed by atoms with van der Waals surface area (Å²) in [6.45, 7) is 0.0424. The molecular formula is C11H10FN5O. The Labute approximate surface area is 102 Å². The van der Waals surface area contributed by atoms with Crippen LogP contribution in [0.5, 0.6) is 0 Å². The van der Waals surface area contributed by atoms with Crippen LogP contribution in [0.15, 0.2) is 42.0 Å². The summed E-state index contributed by atoms with van der Waals surface area (Å²) in [4.78, 5) is 15.1. The van der Waals surface area contributed by atoms with E-state index >= 15 is 0 Å². The van der Waals surface area contributed by atoms with Crippen molar-refractivity contribution in [2.24, 2.45) is 5.10 Å². The van der Waals surface area contributed by atoms with Gasteiger partial charge in [-0.05, 0) is 17.7 Å². The number of carbonyl (C=O) groups excluding carboxylic acids is 1. The summed E-state index contributed by atoms with van der Waals surface area (Å²) in [6.07, 6.45) is 4.21. The first-order chi connectivity index (χ1) is 8.74. The van der Waals surface area contributed by atoms with Gasteiger partial charge in [0.15, 0.2) is 0 Å². The molecule has 0 bridgehead atoms. The van der Waals surface area contributed by atoms with Crippen LogP contribution < -0.4 is 5.43 Å². The Hall–Kier alpha value is -2.57. The predicted octanol–water partition coefficient (Wildman–Crippen LogP) is 0.567. The van der Waals surface area contributed by atoms with Crippen LogP contribution >= 0.6 is 0 Å². The second-order valence-electron chi connectivity index (χ2n) is 3.44. The summed E-state index contributed by atoms with van der Waals surface area (Å²) in [5.41, 5.74) is 3.02. The number of nitrogens with zero attached hydrogens (tertiary/aromatic N) is 4. The van der Waals surface area contributed by atoms with Gasteiger partial charge in [0.05, 0.1) is 6.21 Å². The first kappa shape index (κ1) is 11.9. The molecule has 0 aliphatic carbocycles. The number of benzene rings is 1. The van der Waals surface area contributed by atoms with E-state index in [0.717, 1.165) is 0 Å². The van der Waals surface area contributed by atoms with Gasteiger partial charge >= 0.3 is 0 Å². The van der Waals surface area contributed by atoms with Gasteiger partial charge in [-0.3, -0.25) is 4.79 Å². The number of amides is 1. The highest BCUT2D eigenvalue weighted by Gasteiger charge is 2.00. The zero-order chi connectivity index (χ0) is 12.8. The molecule has 18 heavy (non-hydrogen) atoms. The van der Waals surface area contributed by atoms with Crippen molar-refractivity contribution in [2.75, 3.05) is 0 Å². The number of aromatic nitrogens is 3. The molecule has 1 N–H and O–H groups in total. The number of hydrazone groups is 1. The predicted molar refractivity (Wildman–Crippen MR) is 62.2 cm³/mol. The molecule has 0 aliphatic heterocycles. The van der Waals surface area contributed by atoms with Crippen LogP contribution in [0.1, 0.15) is 5.56 Å². The molecule has 2 rings (SSSR count). The topological polar surface area (TPSA) is 72.2 Å². The Morgan fingerprint density at radius 3 is 2.89 bits per heavy atom. The normalized spacial score (nSPS) is 10.7. The van der Waals surface area contributed by atoms with E-state index in [-0.39, 0.29) is 18.3 Å². The fourth-order valence-corrected chi connectivity index (χ4v) is 1.22. The third-order valence-corrected chi connectivity index (χ3v) is 2.05. The lowest BCUT2D eigenvalue weighted by molar-refractivity contribution is -0.121. The van der Waals surface area contributed by atoms with Gasteiger partial charge < -0.3 is 0 Å². The Bertz CT molecular complexity index is 535. The summed E-state index contributed by atoms with van der Waals surface area (Å²) in [7, 11) is 0. The Balaban J connectivity index is 1.84. The number of hydrogen-bond donors (Lipinski definition) is 1. The second kappa shape index (κ2) is 5.67. The highest BCUT2D eigenvalue weighted by Crippen LogP contribution is 1.99. The van der Waals surface area contributed by atoms with Crippen molar-refractivity contribution in [1.29, 1.82) is 0 Å². The van der Waals surface area contributed by atoms with Crippen molar-refractivity contribution >= 4 is 12.1 Å². The van der Waals surface area contributed by atoms with Crippen LogP contribution in [0, 0.1) is 5.82 Å². The first-order valence-corrected chi connectivity index (χ1v) is 5.14. The number of hydrogen-bond acceptors (Lipinski definition) is 4. The molecule has 0 saturated carbocycles. The van der Waals surface area contributed by atoms with Gasteiger partial charge in [0, 0.05) is 0 Å². The standard InChI is InChI=1S/C11H10FN5O/c12-10-3-1-9(2-4-10)5-14-16-11(18)6-17-8-13-7-15-17/h1-5,7-8H,6H2,(H,16,18)/b14-5+. The van der Waals surface area contributed by atoms with E-state index in [9.17, 15) is 9.18 Å². The molecule has 0 aliphatic rings. The second-order valence-corrected chi connectivity index (χ2v) is 3.44. The van der Waals surface area contributed by atoms with E-state index in [1.807, 2.05) is 0 Å². The maximum atomic E-state index is 12.6. The Kier molecular flexibility index (Phi) is 3.75. The fourth-order valence-electron chi connectivity index (χ4n) is 1.22. The molecule has 0 fully saturated rings. The van der Waals surface area contributed by atoms with Gasteiger partial charge in [-0.1, -0.05) is 12.1 Å². The Morgan fingerprint density at radius 2 is 2.22 bits per heavy atom. The van der Waals surface area contributed by atoms with Crippen molar-refractivity contribution < 1.29 is 9.18 Å². The van der Waals surface area contributed by atoms with Crippen LogP contribution in [0.25, 0.3) is 0 Å². The molecule has 0 saturated heterocycles. The molecule has 6 nitrogen and oxygen atoms in total. The van der Waals surface area contributed by atoms with Gasteiger partial charge in [0.1, 0.15) is 25.0 Å². The van der Waals surface area contributed by atoms with E-state index in [0.29, 0.717) is 5.56 Å². The molecule has 0 radical (unpaired) electrons. The number of halogens is 1. The highest BCUT2D eigenvalue weighted by molar-refractivity contribution is 5.82. The summed E-state index contributed by atoms with van der Waals surface area (Å²) >= 11 is 0. The average Bonchev–Trinajstić information content (AvgIpc) is 2.84.